The Morgan fingerprint density at radius 1 is 1.17 bits per heavy atom. The monoisotopic (exact) mass is 245 g/mol. The van der Waals surface area contributed by atoms with Crippen LogP contribution in [0.2, 0.25) is 0 Å². The van der Waals surface area contributed by atoms with Crippen molar-refractivity contribution in [3.63, 3.8) is 0 Å². The molecule has 0 aromatic carbocycles. The number of nitrogens with zero attached hydrogens (tertiary/aromatic N) is 2. The fraction of sp³-hybridized carbons (Fsp3) is 0.714. The molecule has 3 saturated carbocycles. The molecule has 3 fully saturated rings. The van der Waals surface area contributed by atoms with E-state index in [2.05, 4.69) is 10.3 Å². The third-order valence-corrected chi connectivity index (χ3v) is 4.37. The number of nitrogens with one attached hydrogen (secondary N) is 1. The van der Waals surface area contributed by atoms with Crippen molar-refractivity contribution in [2.45, 2.75) is 50.6 Å². The topological polar surface area (TPSA) is 46.9 Å². The molecule has 4 rings (SSSR count). The van der Waals surface area contributed by atoms with Gasteiger partial charge in [0.2, 0.25) is 0 Å². The van der Waals surface area contributed by atoms with E-state index in [1.807, 2.05) is 10.8 Å². The van der Waals surface area contributed by atoms with E-state index in [0.717, 1.165) is 24.7 Å². The van der Waals surface area contributed by atoms with Crippen LogP contribution in [0.4, 0.5) is 5.82 Å². The average molecular weight is 245 g/mol. The lowest BCUT2D eigenvalue weighted by molar-refractivity contribution is 0.562. The number of aromatic nitrogens is 2. The van der Waals surface area contributed by atoms with Crippen LogP contribution in [0.1, 0.15) is 44.6 Å². The van der Waals surface area contributed by atoms with E-state index in [4.69, 9.17) is 0 Å². The molecule has 4 heteroatoms. The van der Waals surface area contributed by atoms with Crippen molar-refractivity contribution in [1.29, 1.82) is 0 Å². The molecular formula is C14H19N3O. The molecule has 1 heterocycles. The highest BCUT2D eigenvalue weighted by Gasteiger charge is 2.42. The standard InChI is InChI=1S/C14H19N3O/c18-14-13(15-7-8-17(14)11-5-6-11)16-12(9-1-2-9)10-3-4-10/h7-12H,1-6H2,(H,15,16). The highest BCUT2D eigenvalue weighted by atomic mass is 16.1. The second kappa shape index (κ2) is 3.84. The Morgan fingerprint density at radius 2 is 1.83 bits per heavy atom. The van der Waals surface area contributed by atoms with Gasteiger partial charge in [-0.3, -0.25) is 4.79 Å². The molecule has 4 nitrogen and oxygen atoms in total. The summed E-state index contributed by atoms with van der Waals surface area (Å²) < 4.78 is 1.85. The Morgan fingerprint density at radius 3 is 2.39 bits per heavy atom. The van der Waals surface area contributed by atoms with Crippen molar-refractivity contribution in [3.05, 3.63) is 22.7 Å². The summed E-state index contributed by atoms with van der Waals surface area (Å²) in [7, 11) is 0. The van der Waals surface area contributed by atoms with Gasteiger partial charge in [0, 0.05) is 24.5 Å². The largest absolute Gasteiger partial charge is 0.362 e. The van der Waals surface area contributed by atoms with Gasteiger partial charge in [0.1, 0.15) is 0 Å². The van der Waals surface area contributed by atoms with Crippen LogP contribution < -0.4 is 10.9 Å². The van der Waals surface area contributed by atoms with Gasteiger partial charge >= 0.3 is 0 Å². The summed E-state index contributed by atoms with van der Waals surface area (Å²) in [6.07, 6.45) is 11.1. The first-order chi connectivity index (χ1) is 8.83. The summed E-state index contributed by atoms with van der Waals surface area (Å²) >= 11 is 0. The van der Waals surface area contributed by atoms with Gasteiger partial charge in [0.25, 0.3) is 5.56 Å². The van der Waals surface area contributed by atoms with Gasteiger partial charge in [-0.15, -0.1) is 0 Å². The van der Waals surface area contributed by atoms with Crippen molar-refractivity contribution in [2.24, 2.45) is 11.8 Å². The van der Waals surface area contributed by atoms with Gasteiger partial charge in [-0.05, 0) is 50.4 Å². The molecule has 0 aliphatic heterocycles. The molecule has 96 valence electrons. The average Bonchev–Trinajstić information content (AvgIpc) is 3.25. The highest BCUT2D eigenvalue weighted by molar-refractivity contribution is 5.34. The molecule has 0 radical (unpaired) electrons. The van der Waals surface area contributed by atoms with Crippen LogP contribution in [0.15, 0.2) is 17.2 Å². The van der Waals surface area contributed by atoms with Gasteiger partial charge in [-0.1, -0.05) is 0 Å². The first-order valence-corrected chi connectivity index (χ1v) is 7.16. The van der Waals surface area contributed by atoms with Crippen molar-refractivity contribution in [1.82, 2.24) is 9.55 Å². The minimum Gasteiger partial charge on any atom is -0.362 e. The third kappa shape index (κ3) is 1.93. The van der Waals surface area contributed by atoms with Crippen LogP contribution in [0.3, 0.4) is 0 Å². The molecule has 3 aliphatic rings. The number of anilines is 1. The lowest BCUT2D eigenvalue weighted by atomic mass is 10.1. The number of hydrogen-bond acceptors (Lipinski definition) is 3. The Bertz CT molecular complexity index is 500. The number of hydrogen-bond donors (Lipinski definition) is 1. The Balaban J connectivity index is 1.59. The summed E-state index contributed by atoms with van der Waals surface area (Å²) in [5.74, 6) is 2.15. The van der Waals surface area contributed by atoms with Crippen LogP contribution in [0.5, 0.6) is 0 Å². The predicted octanol–water partition coefficient (Wildman–Crippen LogP) is 2.18. The first-order valence-electron chi connectivity index (χ1n) is 7.16. The first kappa shape index (κ1) is 10.6. The predicted molar refractivity (Wildman–Crippen MR) is 69.6 cm³/mol. The molecule has 0 atom stereocenters. The zero-order valence-electron chi connectivity index (χ0n) is 10.5. The lowest BCUT2D eigenvalue weighted by Gasteiger charge is -2.18. The summed E-state index contributed by atoms with van der Waals surface area (Å²) in [5.41, 5.74) is 0.0753. The van der Waals surface area contributed by atoms with Crippen molar-refractivity contribution < 1.29 is 0 Å². The van der Waals surface area contributed by atoms with E-state index in [-0.39, 0.29) is 5.56 Å². The molecule has 0 bridgehead atoms. The molecule has 0 amide bonds. The molecule has 1 aromatic heterocycles. The minimum atomic E-state index is 0.0753. The summed E-state index contributed by atoms with van der Waals surface area (Å²) in [6.45, 7) is 0. The molecular weight excluding hydrogens is 226 g/mol. The fourth-order valence-corrected chi connectivity index (χ4v) is 2.85. The van der Waals surface area contributed by atoms with E-state index >= 15 is 0 Å². The Kier molecular flexibility index (Phi) is 2.26. The fourth-order valence-electron chi connectivity index (χ4n) is 2.85. The molecule has 0 saturated heterocycles. The van der Waals surface area contributed by atoms with Crippen LogP contribution in [0.25, 0.3) is 0 Å². The normalized spacial score (nSPS) is 23.4. The second-order valence-corrected chi connectivity index (χ2v) is 6.06. The van der Waals surface area contributed by atoms with E-state index in [1.165, 1.54) is 25.7 Å². The van der Waals surface area contributed by atoms with Gasteiger partial charge in [0.05, 0.1) is 0 Å². The third-order valence-electron chi connectivity index (χ3n) is 4.37. The van der Waals surface area contributed by atoms with Crippen LogP contribution in [0, 0.1) is 11.8 Å². The maximum absolute atomic E-state index is 12.3. The van der Waals surface area contributed by atoms with Gasteiger partial charge in [0.15, 0.2) is 5.82 Å². The molecule has 18 heavy (non-hydrogen) atoms. The van der Waals surface area contributed by atoms with E-state index in [0.29, 0.717) is 17.9 Å². The molecule has 0 spiro atoms. The quantitative estimate of drug-likeness (QED) is 0.865. The van der Waals surface area contributed by atoms with Crippen molar-refractivity contribution in [2.75, 3.05) is 5.32 Å². The highest BCUT2D eigenvalue weighted by Crippen LogP contribution is 2.45. The Labute approximate surface area is 106 Å². The Hall–Kier alpha value is -1.32. The van der Waals surface area contributed by atoms with Crippen LogP contribution in [-0.2, 0) is 0 Å². The summed E-state index contributed by atoms with van der Waals surface area (Å²) in [5, 5.41) is 3.45. The van der Waals surface area contributed by atoms with Gasteiger partial charge < -0.3 is 9.88 Å². The lowest BCUT2D eigenvalue weighted by Crippen LogP contribution is -2.31. The van der Waals surface area contributed by atoms with Crippen molar-refractivity contribution >= 4 is 5.82 Å². The van der Waals surface area contributed by atoms with Gasteiger partial charge in [-0.2, -0.15) is 0 Å². The maximum atomic E-state index is 12.3. The van der Waals surface area contributed by atoms with Crippen LogP contribution in [-0.4, -0.2) is 15.6 Å². The SMILES string of the molecule is O=c1c(NC(C2CC2)C2CC2)nccn1C1CC1. The molecule has 1 aromatic rings. The zero-order chi connectivity index (χ0) is 12.1. The van der Waals surface area contributed by atoms with Gasteiger partial charge in [-0.25, -0.2) is 4.98 Å². The zero-order valence-corrected chi connectivity index (χ0v) is 10.5. The smallest absolute Gasteiger partial charge is 0.293 e. The molecule has 1 N–H and O–H groups in total. The molecule has 0 unspecified atom stereocenters. The second-order valence-electron chi connectivity index (χ2n) is 6.06. The van der Waals surface area contributed by atoms with E-state index < -0.39 is 0 Å². The van der Waals surface area contributed by atoms with E-state index in [9.17, 15) is 4.79 Å². The summed E-state index contributed by atoms with van der Waals surface area (Å²) in [6, 6.07) is 0.932. The van der Waals surface area contributed by atoms with Crippen LogP contribution >= 0.6 is 0 Å². The number of rotatable bonds is 5. The maximum Gasteiger partial charge on any atom is 0.293 e. The van der Waals surface area contributed by atoms with E-state index in [1.54, 1.807) is 6.20 Å². The summed E-state index contributed by atoms with van der Waals surface area (Å²) in [4.78, 5) is 16.6. The van der Waals surface area contributed by atoms with Crippen molar-refractivity contribution in [3.8, 4) is 0 Å². The molecule has 3 aliphatic carbocycles. The minimum absolute atomic E-state index is 0.0753.